The lowest BCUT2D eigenvalue weighted by molar-refractivity contribution is -0.143. The van der Waals surface area contributed by atoms with Gasteiger partial charge in [-0.2, -0.15) is 12.6 Å². The molecule has 1 heterocycles. The number of aromatic hydroxyl groups is 1. The minimum Gasteiger partial charge on any atom is -0.508 e. The standard InChI is InChI=1S/C46H59N9O13S/c1-25(57)38(54-42(63)35(24-69)53-43(64)36-13-8-18-55(36)45(66)34(23-56)52-39(60)30(47)19-28-14-16-29(58)17-15-28)44(65)50-32(22-37(48)59)41(62)49-31(20-26-9-4-2-5-10-26)40(61)51-33(46(67)68)21-27-11-6-3-7-12-27/h2-7,9-12,14-17,25,30-36,38,56-58,69H,8,13,18-24,47H2,1H3,(H2,48,59)(H,49,62)(H,50,65)(H,51,61)(H,52,60)(H,53,64)(H,54,63)(H,67,68)/t25-,30+,31+,32+,33+,34+,35+,36+,38+/m1/s1. The summed E-state index contributed by atoms with van der Waals surface area (Å²) in [6.07, 6.45) is -2.20. The van der Waals surface area contributed by atoms with Crippen LogP contribution in [-0.4, -0.2) is 152 Å². The predicted octanol–water partition coefficient (Wildman–Crippen LogP) is -3.09. The molecule has 4 rings (SSSR count). The Labute approximate surface area is 402 Å². The lowest BCUT2D eigenvalue weighted by atomic mass is 10.0. The number of carboxylic acid groups (broad SMARTS) is 1. The van der Waals surface area contributed by atoms with Crippen LogP contribution in [0.15, 0.2) is 84.9 Å². The summed E-state index contributed by atoms with van der Waals surface area (Å²) in [5.41, 5.74) is 13.3. The highest BCUT2D eigenvalue weighted by Crippen LogP contribution is 2.20. The van der Waals surface area contributed by atoms with Crippen molar-refractivity contribution < 1.29 is 63.6 Å². The van der Waals surface area contributed by atoms with Crippen LogP contribution in [0.2, 0.25) is 0 Å². The number of aliphatic hydroxyl groups excluding tert-OH is 2. The molecule has 23 heteroatoms. The van der Waals surface area contributed by atoms with E-state index in [1.165, 1.54) is 12.1 Å². The average Bonchev–Trinajstić information content (AvgIpc) is 3.82. The predicted molar refractivity (Wildman–Crippen MR) is 250 cm³/mol. The summed E-state index contributed by atoms with van der Waals surface area (Å²) in [6.45, 7) is 0.356. The molecule has 1 aliphatic rings. The fourth-order valence-corrected chi connectivity index (χ4v) is 7.65. The van der Waals surface area contributed by atoms with Crippen LogP contribution in [0.1, 0.15) is 42.9 Å². The average molecular weight is 978 g/mol. The number of likely N-dealkylation sites (tertiary alicyclic amines) is 1. The lowest BCUT2D eigenvalue weighted by Gasteiger charge is -2.30. The van der Waals surface area contributed by atoms with Crippen LogP contribution in [0, 0.1) is 0 Å². The topological polar surface area (TPSA) is 362 Å². The number of carbonyl (C=O) groups excluding carboxylic acids is 8. The first-order valence-electron chi connectivity index (χ1n) is 22.0. The van der Waals surface area contributed by atoms with Gasteiger partial charge in [-0.3, -0.25) is 38.4 Å². The molecule has 3 aromatic rings. The fourth-order valence-electron chi connectivity index (χ4n) is 7.39. The van der Waals surface area contributed by atoms with Crippen molar-refractivity contribution >= 4 is 65.9 Å². The van der Waals surface area contributed by atoms with Crippen molar-refractivity contribution in [2.75, 3.05) is 18.9 Å². The minimum atomic E-state index is -1.82. The number of carboxylic acids is 1. The van der Waals surface area contributed by atoms with E-state index in [2.05, 4.69) is 44.5 Å². The Kier molecular flexibility index (Phi) is 20.9. The molecule has 69 heavy (non-hydrogen) atoms. The Hall–Kier alpha value is -7.08. The molecular formula is C46H59N9O13S. The second kappa shape index (κ2) is 26.5. The molecule has 0 bridgehead atoms. The number of hydrogen-bond acceptors (Lipinski definition) is 14. The highest BCUT2D eigenvalue weighted by atomic mass is 32.1. The Morgan fingerprint density at radius 2 is 1.17 bits per heavy atom. The molecule has 3 aromatic carbocycles. The number of primary amides is 1. The molecule has 22 nitrogen and oxygen atoms in total. The Bertz CT molecular complexity index is 2270. The van der Waals surface area contributed by atoms with Gasteiger partial charge in [-0.25, -0.2) is 4.79 Å². The molecule has 14 N–H and O–H groups in total. The van der Waals surface area contributed by atoms with Gasteiger partial charge in [-0.05, 0) is 55.0 Å². The molecular weight excluding hydrogens is 919 g/mol. The molecule has 1 saturated heterocycles. The van der Waals surface area contributed by atoms with Gasteiger partial charge in [0.2, 0.25) is 47.3 Å². The number of benzene rings is 3. The molecule has 0 radical (unpaired) electrons. The third-order valence-corrected chi connectivity index (χ3v) is 11.5. The number of amides is 8. The first kappa shape index (κ1) is 54.5. The number of carbonyl (C=O) groups is 9. The smallest absolute Gasteiger partial charge is 0.326 e. The summed E-state index contributed by atoms with van der Waals surface area (Å²) in [5.74, 6) is -9.35. The van der Waals surface area contributed by atoms with Gasteiger partial charge in [0.15, 0.2) is 0 Å². The maximum absolute atomic E-state index is 13.8. The number of thiol groups is 1. The second-order valence-electron chi connectivity index (χ2n) is 16.5. The van der Waals surface area contributed by atoms with E-state index in [1.54, 1.807) is 72.8 Å². The molecule has 0 spiro atoms. The molecule has 1 fully saturated rings. The van der Waals surface area contributed by atoms with Crippen LogP contribution in [0.25, 0.3) is 0 Å². The zero-order valence-corrected chi connectivity index (χ0v) is 38.5. The van der Waals surface area contributed by atoms with Gasteiger partial charge < -0.3 is 68.7 Å². The summed E-state index contributed by atoms with van der Waals surface area (Å²) in [7, 11) is 0. The first-order chi connectivity index (χ1) is 32.8. The zero-order valence-electron chi connectivity index (χ0n) is 37.7. The highest BCUT2D eigenvalue weighted by molar-refractivity contribution is 7.80. The molecule has 372 valence electrons. The van der Waals surface area contributed by atoms with Crippen LogP contribution in [0.5, 0.6) is 5.75 Å². The number of phenolic OH excluding ortho intramolecular Hbond substituents is 1. The molecule has 0 aromatic heterocycles. The Morgan fingerprint density at radius 3 is 1.71 bits per heavy atom. The van der Waals surface area contributed by atoms with E-state index in [9.17, 15) is 63.6 Å². The van der Waals surface area contributed by atoms with Crippen molar-refractivity contribution in [1.29, 1.82) is 0 Å². The van der Waals surface area contributed by atoms with Crippen molar-refractivity contribution in [3.05, 3.63) is 102 Å². The monoisotopic (exact) mass is 977 g/mol. The van der Waals surface area contributed by atoms with E-state index in [1.807, 2.05) is 0 Å². The van der Waals surface area contributed by atoms with Gasteiger partial charge in [0, 0.05) is 25.1 Å². The fraction of sp³-hybridized carbons (Fsp3) is 0.413. The molecule has 0 aliphatic carbocycles. The number of aliphatic hydroxyl groups is 2. The second-order valence-corrected chi connectivity index (χ2v) is 16.8. The van der Waals surface area contributed by atoms with E-state index in [0.717, 1.165) is 11.8 Å². The largest absolute Gasteiger partial charge is 0.508 e. The van der Waals surface area contributed by atoms with Crippen LogP contribution in [-0.2, 0) is 62.4 Å². The molecule has 0 unspecified atom stereocenters. The van der Waals surface area contributed by atoms with Gasteiger partial charge in [0.05, 0.1) is 25.2 Å². The van der Waals surface area contributed by atoms with Crippen molar-refractivity contribution in [2.45, 2.75) is 99.9 Å². The van der Waals surface area contributed by atoms with Crippen molar-refractivity contribution in [3.63, 3.8) is 0 Å². The SMILES string of the molecule is C[C@@H](O)[C@H](NC(=O)[C@H](CS)NC(=O)[C@@H]1CCCN1C(=O)[C@H](CO)NC(=O)[C@@H](N)Cc1ccc(O)cc1)C(=O)N[C@@H](CC(N)=O)C(=O)N[C@@H](Cc1ccccc1)C(=O)N[C@@H](Cc1ccccc1)C(=O)O. The zero-order chi connectivity index (χ0) is 50.8. The Balaban J connectivity index is 1.42. The maximum atomic E-state index is 13.8. The lowest BCUT2D eigenvalue weighted by Crippen LogP contribution is -2.62. The molecule has 8 amide bonds. The van der Waals surface area contributed by atoms with E-state index in [4.69, 9.17) is 11.5 Å². The van der Waals surface area contributed by atoms with Crippen LogP contribution >= 0.6 is 12.6 Å². The number of aliphatic carboxylic acids is 1. The van der Waals surface area contributed by atoms with Gasteiger partial charge in [0.1, 0.15) is 48.0 Å². The van der Waals surface area contributed by atoms with E-state index >= 15 is 0 Å². The summed E-state index contributed by atoms with van der Waals surface area (Å²) in [5, 5.41) is 54.5. The van der Waals surface area contributed by atoms with Gasteiger partial charge in [-0.15, -0.1) is 0 Å². The molecule has 0 saturated carbocycles. The summed E-state index contributed by atoms with van der Waals surface area (Å²) < 4.78 is 0. The van der Waals surface area contributed by atoms with Crippen molar-refractivity contribution in [1.82, 2.24) is 36.8 Å². The number of nitrogens with one attached hydrogen (secondary N) is 6. The summed E-state index contributed by atoms with van der Waals surface area (Å²) in [4.78, 5) is 120. The normalized spacial score (nSPS) is 16.7. The van der Waals surface area contributed by atoms with Crippen molar-refractivity contribution in [3.8, 4) is 5.75 Å². The number of nitrogens with zero attached hydrogens (tertiary/aromatic N) is 1. The summed E-state index contributed by atoms with van der Waals surface area (Å²) in [6, 6.07) is 11.1. The third kappa shape index (κ3) is 16.6. The van der Waals surface area contributed by atoms with Crippen LogP contribution < -0.4 is 43.4 Å². The quantitative estimate of drug-likeness (QED) is 0.0375. The Morgan fingerprint density at radius 1 is 0.667 bits per heavy atom. The number of nitrogens with two attached hydrogens (primary N) is 2. The molecule has 1 aliphatic heterocycles. The van der Waals surface area contributed by atoms with E-state index in [-0.39, 0.29) is 43.7 Å². The maximum Gasteiger partial charge on any atom is 0.326 e. The third-order valence-electron chi connectivity index (χ3n) is 11.1. The number of hydrogen-bond donors (Lipinski definition) is 13. The highest BCUT2D eigenvalue weighted by Gasteiger charge is 2.40. The van der Waals surface area contributed by atoms with Crippen molar-refractivity contribution in [2.24, 2.45) is 11.5 Å². The van der Waals surface area contributed by atoms with E-state index in [0.29, 0.717) is 23.1 Å². The van der Waals surface area contributed by atoms with Gasteiger partial charge in [-0.1, -0.05) is 72.8 Å². The van der Waals surface area contributed by atoms with Gasteiger partial charge >= 0.3 is 5.97 Å². The summed E-state index contributed by atoms with van der Waals surface area (Å²) >= 11 is 4.17. The molecule has 9 atom stereocenters. The number of rotatable bonds is 25. The number of phenols is 1. The minimum absolute atomic E-state index is 0.0151. The van der Waals surface area contributed by atoms with Gasteiger partial charge in [0.25, 0.3) is 0 Å². The van der Waals surface area contributed by atoms with E-state index < -0.39 is 121 Å². The van der Waals surface area contributed by atoms with Crippen LogP contribution in [0.3, 0.4) is 0 Å². The first-order valence-corrected chi connectivity index (χ1v) is 22.6. The van der Waals surface area contributed by atoms with Crippen LogP contribution in [0.4, 0.5) is 0 Å².